The van der Waals surface area contributed by atoms with E-state index >= 15 is 0 Å². The Bertz CT molecular complexity index is 1050. The van der Waals surface area contributed by atoms with Gasteiger partial charge in [-0.3, -0.25) is 15.7 Å². The van der Waals surface area contributed by atoms with Crippen LogP contribution in [0, 0.1) is 16.7 Å². The Kier molecular flexibility index (Phi) is 11.4. The lowest BCUT2D eigenvalue weighted by molar-refractivity contribution is 0.133. The number of hydrogen-bond donors (Lipinski definition) is 4. The first kappa shape index (κ1) is 29.9. The SMILES string of the molecule is C=C(N)c1ccc(C(=N)SC(=N)c2ccc(N3CCN(C4CCC(C)CC4)CC3)cc2)cc1.CC[C@H](C)O. The Balaban J connectivity index is 0.000000732. The van der Waals surface area contributed by atoms with Gasteiger partial charge in [-0.05, 0) is 62.6 Å². The van der Waals surface area contributed by atoms with E-state index in [1.807, 2.05) is 43.3 Å². The normalized spacial score (nSPS) is 20.7. The van der Waals surface area contributed by atoms with Crippen molar-refractivity contribution in [3.05, 3.63) is 71.8 Å². The molecule has 1 atom stereocenters. The van der Waals surface area contributed by atoms with Crippen molar-refractivity contribution in [2.45, 2.75) is 65.0 Å². The number of anilines is 1. The average Bonchev–Trinajstić information content (AvgIpc) is 2.94. The van der Waals surface area contributed by atoms with E-state index in [2.05, 4.69) is 35.4 Å². The molecule has 7 heteroatoms. The molecule has 0 aromatic heterocycles. The molecular formula is C31H45N5OS. The number of benzene rings is 2. The van der Waals surface area contributed by atoms with E-state index in [-0.39, 0.29) is 6.10 Å². The van der Waals surface area contributed by atoms with Gasteiger partial charge in [-0.2, -0.15) is 0 Å². The summed E-state index contributed by atoms with van der Waals surface area (Å²) in [4.78, 5) is 5.15. The number of piperazine rings is 1. The summed E-state index contributed by atoms with van der Waals surface area (Å²) in [6.07, 6.45) is 6.22. The number of hydrogen-bond acceptors (Lipinski definition) is 7. The minimum atomic E-state index is -0.116. The second kappa shape index (κ2) is 14.5. The van der Waals surface area contributed by atoms with Crippen LogP contribution in [0.4, 0.5) is 5.69 Å². The van der Waals surface area contributed by atoms with Gasteiger partial charge >= 0.3 is 0 Å². The quantitative estimate of drug-likeness (QED) is 0.261. The Morgan fingerprint density at radius 2 is 1.37 bits per heavy atom. The van der Waals surface area contributed by atoms with Crippen molar-refractivity contribution in [2.75, 3.05) is 31.1 Å². The number of aliphatic hydroxyl groups is 1. The third kappa shape index (κ3) is 8.72. The molecule has 1 heterocycles. The summed E-state index contributed by atoms with van der Waals surface area (Å²) in [6, 6.07) is 16.5. The lowest BCUT2D eigenvalue weighted by atomic mass is 9.86. The van der Waals surface area contributed by atoms with E-state index in [4.69, 9.17) is 21.7 Å². The van der Waals surface area contributed by atoms with Gasteiger partial charge in [0, 0.05) is 54.7 Å². The first-order chi connectivity index (χ1) is 18.2. The van der Waals surface area contributed by atoms with Crippen molar-refractivity contribution in [3.8, 4) is 0 Å². The number of nitrogens with one attached hydrogen (secondary N) is 2. The Morgan fingerprint density at radius 1 is 0.921 bits per heavy atom. The maximum Gasteiger partial charge on any atom is 0.100 e. The van der Waals surface area contributed by atoms with Crippen LogP contribution in [0.2, 0.25) is 0 Å². The molecule has 1 aliphatic carbocycles. The fourth-order valence-electron chi connectivity index (χ4n) is 4.83. The highest BCUT2D eigenvalue weighted by molar-refractivity contribution is 8.27. The van der Waals surface area contributed by atoms with Crippen molar-refractivity contribution in [3.63, 3.8) is 0 Å². The zero-order valence-corrected chi connectivity index (χ0v) is 24.1. The predicted octanol–water partition coefficient (Wildman–Crippen LogP) is 6.18. The van der Waals surface area contributed by atoms with E-state index in [9.17, 15) is 0 Å². The van der Waals surface area contributed by atoms with Crippen LogP contribution in [0.5, 0.6) is 0 Å². The summed E-state index contributed by atoms with van der Waals surface area (Å²) >= 11 is 1.17. The second-order valence-electron chi connectivity index (χ2n) is 10.6. The largest absolute Gasteiger partial charge is 0.399 e. The van der Waals surface area contributed by atoms with Gasteiger partial charge in [0.05, 0.1) is 6.10 Å². The molecular weight excluding hydrogens is 490 g/mol. The molecule has 0 amide bonds. The lowest BCUT2D eigenvalue weighted by Crippen LogP contribution is -2.51. The van der Waals surface area contributed by atoms with E-state index in [0.29, 0.717) is 15.8 Å². The van der Waals surface area contributed by atoms with Gasteiger partial charge in [0.2, 0.25) is 0 Å². The van der Waals surface area contributed by atoms with Crippen LogP contribution in [-0.4, -0.2) is 58.4 Å². The number of nitrogens with zero attached hydrogens (tertiary/aromatic N) is 2. The standard InChI is InChI=1S/C27H35N5S.C4H10O/c1-19-3-11-24(12-4-19)31-15-17-32(18-16-31)25-13-9-23(10-14-25)27(30)33-26(29)22-7-5-21(6-8-22)20(2)28;1-3-4(2)5/h5-10,13-14,19,24,29-30H,2-4,11-12,15-18,28H2,1H3;4-5H,3H2,1-2H3/t;4-/m.0/s1. The van der Waals surface area contributed by atoms with Crippen molar-refractivity contribution in [1.82, 2.24) is 4.90 Å². The fourth-order valence-corrected chi connectivity index (χ4v) is 5.54. The molecule has 5 N–H and O–H groups in total. The third-order valence-corrected chi connectivity index (χ3v) is 8.50. The summed E-state index contributed by atoms with van der Waals surface area (Å²) in [5.74, 6) is 0.902. The average molecular weight is 536 g/mol. The molecule has 2 aromatic carbocycles. The van der Waals surface area contributed by atoms with Gasteiger partial charge in [-0.25, -0.2) is 0 Å². The summed E-state index contributed by atoms with van der Waals surface area (Å²) in [7, 11) is 0. The molecule has 0 radical (unpaired) electrons. The van der Waals surface area contributed by atoms with E-state index < -0.39 is 0 Å². The monoisotopic (exact) mass is 535 g/mol. The molecule has 2 aromatic rings. The van der Waals surface area contributed by atoms with Crippen molar-refractivity contribution in [2.24, 2.45) is 11.7 Å². The summed E-state index contributed by atoms with van der Waals surface area (Å²) in [6.45, 7) is 14.3. The van der Waals surface area contributed by atoms with Crippen LogP contribution in [0.1, 0.15) is 69.6 Å². The zero-order chi connectivity index (χ0) is 27.7. The van der Waals surface area contributed by atoms with Gasteiger partial charge < -0.3 is 15.7 Å². The van der Waals surface area contributed by atoms with Crippen LogP contribution < -0.4 is 10.6 Å². The maximum atomic E-state index is 8.46. The molecule has 1 saturated heterocycles. The smallest absolute Gasteiger partial charge is 0.100 e. The molecule has 206 valence electrons. The van der Waals surface area contributed by atoms with Gasteiger partial charge in [0.1, 0.15) is 10.1 Å². The van der Waals surface area contributed by atoms with Gasteiger partial charge in [0.25, 0.3) is 0 Å². The highest BCUT2D eigenvalue weighted by Gasteiger charge is 2.27. The van der Waals surface area contributed by atoms with Crippen molar-refractivity contribution >= 4 is 33.2 Å². The minimum absolute atomic E-state index is 0.116. The Morgan fingerprint density at radius 3 is 1.82 bits per heavy atom. The summed E-state index contributed by atoms with van der Waals surface area (Å²) < 4.78 is 0. The third-order valence-electron chi connectivity index (χ3n) is 7.62. The molecule has 6 nitrogen and oxygen atoms in total. The van der Waals surface area contributed by atoms with E-state index in [1.54, 1.807) is 6.92 Å². The van der Waals surface area contributed by atoms with Crippen molar-refractivity contribution in [1.29, 1.82) is 10.8 Å². The molecule has 0 bridgehead atoms. The number of rotatable bonds is 6. The van der Waals surface area contributed by atoms with E-state index in [1.165, 1.54) is 43.1 Å². The fraction of sp³-hybridized carbons (Fsp3) is 0.484. The zero-order valence-electron chi connectivity index (χ0n) is 23.2. The van der Waals surface area contributed by atoms with Gasteiger partial charge in [0.15, 0.2) is 0 Å². The predicted molar refractivity (Wildman–Crippen MR) is 165 cm³/mol. The minimum Gasteiger partial charge on any atom is -0.399 e. The molecule has 0 spiro atoms. The van der Waals surface area contributed by atoms with Crippen LogP contribution in [0.25, 0.3) is 5.70 Å². The molecule has 4 rings (SSSR count). The Hall–Kier alpha value is -2.61. The molecule has 1 saturated carbocycles. The van der Waals surface area contributed by atoms with Gasteiger partial charge in [-0.15, -0.1) is 0 Å². The van der Waals surface area contributed by atoms with Crippen molar-refractivity contribution < 1.29 is 5.11 Å². The molecule has 0 unspecified atom stereocenters. The number of thioether (sulfide) groups is 1. The maximum absolute atomic E-state index is 8.46. The second-order valence-corrected chi connectivity index (χ2v) is 11.6. The first-order valence-electron chi connectivity index (χ1n) is 13.9. The topological polar surface area (TPSA) is 100 Å². The highest BCUT2D eigenvalue weighted by atomic mass is 32.2. The Labute approximate surface area is 233 Å². The molecule has 38 heavy (non-hydrogen) atoms. The molecule has 1 aliphatic heterocycles. The van der Waals surface area contributed by atoms with Crippen LogP contribution in [0.15, 0.2) is 55.1 Å². The lowest BCUT2D eigenvalue weighted by Gasteiger charge is -2.42. The molecule has 2 aliphatic rings. The van der Waals surface area contributed by atoms with Crippen LogP contribution in [-0.2, 0) is 0 Å². The first-order valence-corrected chi connectivity index (χ1v) is 14.7. The molecule has 2 fully saturated rings. The van der Waals surface area contributed by atoms with E-state index in [0.717, 1.165) is 61.2 Å². The van der Waals surface area contributed by atoms with Gasteiger partial charge in [-0.1, -0.05) is 68.6 Å². The highest BCUT2D eigenvalue weighted by Crippen LogP contribution is 2.29. The van der Waals surface area contributed by atoms with Crippen LogP contribution >= 0.6 is 11.8 Å². The number of aliphatic hydroxyl groups excluding tert-OH is 1. The summed E-state index contributed by atoms with van der Waals surface area (Å²) in [5.41, 5.74) is 9.93. The summed E-state index contributed by atoms with van der Waals surface area (Å²) in [5, 5.41) is 25.9. The van der Waals surface area contributed by atoms with Crippen LogP contribution in [0.3, 0.4) is 0 Å². The number of nitrogens with two attached hydrogens (primary N) is 1.